The van der Waals surface area contributed by atoms with E-state index in [9.17, 15) is 10.2 Å². The summed E-state index contributed by atoms with van der Waals surface area (Å²) in [5, 5.41) is 22.5. The molecule has 0 amide bonds. The number of methoxy groups -OCH3 is 1. The number of rotatable bonds is 60. The third kappa shape index (κ3) is 51.6. The van der Waals surface area contributed by atoms with Crippen molar-refractivity contribution in [3.8, 4) is 0 Å². The van der Waals surface area contributed by atoms with E-state index >= 15 is 0 Å². The predicted octanol–water partition coefficient (Wildman–Crippen LogP) is 17.3. The molecule has 0 saturated carbocycles. The van der Waals surface area contributed by atoms with E-state index in [1.807, 2.05) is 7.11 Å². The molecule has 4 atom stereocenters. The van der Waals surface area contributed by atoms with Crippen molar-refractivity contribution < 1.29 is 14.9 Å². The number of aliphatic hydroxyl groups excluding tert-OH is 2. The summed E-state index contributed by atoms with van der Waals surface area (Å²) in [6, 6.07) is 0. The number of hydrogen-bond acceptors (Lipinski definition) is 7. The fourth-order valence-electron chi connectivity index (χ4n) is 11.0. The zero-order chi connectivity index (χ0) is 52.1. The average Bonchev–Trinajstić information content (AvgIpc) is 3.35. The Morgan fingerprint density at radius 3 is 0.915 bits per heavy atom. The maximum atomic E-state index is 11.2. The Bertz CT molecular complexity index is 1000. The molecule has 0 aromatic carbocycles. The van der Waals surface area contributed by atoms with E-state index in [0.717, 1.165) is 104 Å². The largest absolute Gasteiger partial charge is 0.392 e. The summed E-state index contributed by atoms with van der Waals surface area (Å²) in [5.74, 6) is 0.685. The Morgan fingerprint density at radius 1 is 0.310 bits per heavy atom. The summed E-state index contributed by atoms with van der Waals surface area (Å²) in [4.78, 5) is 10.2. The molecule has 0 radical (unpaired) electrons. The fraction of sp³-hybridized carbons (Fsp3) is 1.00. The number of likely N-dealkylation sites (N-methyl/N-ethyl adjacent to an activating group) is 2. The first-order valence-corrected chi connectivity index (χ1v) is 32.4. The Balaban J connectivity index is 4.99. The van der Waals surface area contributed by atoms with Crippen LogP contribution in [0.4, 0.5) is 0 Å². The minimum Gasteiger partial charge on any atom is -0.392 e. The van der Waals surface area contributed by atoms with Gasteiger partial charge in [-0.05, 0) is 84.7 Å². The van der Waals surface area contributed by atoms with Gasteiger partial charge in [0.25, 0.3) is 0 Å². The fourth-order valence-corrected chi connectivity index (χ4v) is 11.0. The number of nitrogens with zero attached hydrogens (tertiary/aromatic N) is 4. The standard InChI is InChI=1S/C64H134N4O3/c1-9-13-17-21-25-29-31-35-39-42-48-62(69)58-67(57-61(5)47-41-37-33-27-23-19-15-11-3)53-45-51-65(6)55-56-66(7)52-46-54-68(59-63(70)49-43-38-34-28-24-20-16-12-4)60-64(71-8)50-44-40-36-32-30-26-22-18-14-10-2/h61-64,69-70H,9-60H2,1-8H3. The summed E-state index contributed by atoms with van der Waals surface area (Å²) < 4.78 is 6.10. The van der Waals surface area contributed by atoms with Gasteiger partial charge in [0.15, 0.2) is 0 Å². The molecule has 0 aliphatic rings. The zero-order valence-corrected chi connectivity index (χ0v) is 50.2. The van der Waals surface area contributed by atoms with Crippen LogP contribution < -0.4 is 0 Å². The molecule has 0 fully saturated rings. The number of aliphatic hydroxyl groups is 2. The van der Waals surface area contributed by atoms with Gasteiger partial charge in [0.1, 0.15) is 0 Å². The third-order valence-electron chi connectivity index (χ3n) is 15.9. The number of unbranched alkanes of at least 4 members (excludes halogenated alkanes) is 32. The van der Waals surface area contributed by atoms with Crippen LogP contribution in [0.25, 0.3) is 0 Å². The molecular weight excluding hydrogens is 873 g/mol. The number of hydrogen-bond donors (Lipinski definition) is 2. The van der Waals surface area contributed by atoms with Gasteiger partial charge in [-0.3, -0.25) is 4.90 Å². The van der Waals surface area contributed by atoms with Gasteiger partial charge in [-0.1, -0.05) is 266 Å². The average molecular weight is 1010 g/mol. The van der Waals surface area contributed by atoms with Crippen molar-refractivity contribution >= 4 is 0 Å². The molecule has 7 heteroatoms. The van der Waals surface area contributed by atoms with Crippen molar-refractivity contribution in [2.45, 2.75) is 323 Å². The van der Waals surface area contributed by atoms with Gasteiger partial charge in [-0.2, -0.15) is 0 Å². The first kappa shape index (κ1) is 70.7. The van der Waals surface area contributed by atoms with Gasteiger partial charge in [-0.25, -0.2) is 0 Å². The molecule has 2 N–H and O–H groups in total. The summed E-state index contributed by atoms with van der Waals surface area (Å²) >= 11 is 0. The molecule has 71 heavy (non-hydrogen) atoms. The number of ether oxygens (including phenoxy) is 1. The Morgan fingerprint density at radius 2 is 0.592 bits per heavy atom. The van der Waals surface area contributed by atoms with Crippen molar-refractivity contribution in [3.05, 3.63) is 0 Å². The Kier molecular flexibility index (Phi) is 55.7. The van der Waals surface area contributed by atoms with E-state index in [-0.39, 0.29) is 18.3 Å². The van der Waals surface area contributed by atoms with E-state index in [4.69, 9.17) is 4.74 Å². The minimum atomic E-state index is -0.252. The highest BCUT2D eigenvalue weighted by atomic mass is 16.5. The van der Waals surface area contributed by atoms with Crippen LogP contribution >= 0.6 is 0 Å². The molecule has 0 heterocycles. The predicted molar refractivity (Wildman–Crippen MR) is 316 cm³/mol. The molecule has 428 valence electrons. The Hall–Kier alpha value is -0.280. The van der Waals surface area contributed by atoms with Gasteiger partial charge >= 0.3 is 0 Å². The minimum absolute atomic E-state index is 0.204. The molecule has 0 aromatic heterocycles. The van der Waals surface area contributed by atoms with Crippen LogP contribution in [-0.4, -0.2) is 135 Å². The van der Waals surface area contributed by atoms with Gasteiger partial charge in [0.2, 0.25) is 0 Å². The monoisotopic (exact) mass is 1010 g/mol. The van der Waals surface area contributed by atoms with E-state index in [2.05, 4.69) is 68.3 Å². The molecule has 0 aliphatic carbocycles. The highest BCUT2D eigenvalue weighted by Crippen LogP contribution is 2.19. The molecular formula is C64H134N4O3. The lowest BCUT2D eigenvalue weighted by Crippen LogP contribution is -2.40. The Labute approximate surface area is 447 Å². The second kappa shape index (κ2) is 55.9. The highest BCUT2D eigenvalue weighted by Gasteiger charge is 2.19. The van der Waals surface area contributed by atoms with Crippen molar-refractivity contribution in [1.29, 1.82) is 0 Å². The lowest BCUT2D eigenvalue weighted by molar-refractivity contribution is 0.0333. The summed E-state index contributed by atoms with van der Waals surface area (Å²) in [7, 11) is 6.50. The zero-order valence-electron chi connectivity index (χ0n) is 50.2. The lowest BCUT2D eigenvalue weighted by atomic mass is 10.00. The SMILES string of the molecule is CCCCCCCCCCCCC(O)CN(CCCN(C)CCN(C)CCCN(CC(O)CCCCCCCCCC)CC(CCCCCCCCCCCC)OC)CC(C)CCCCCCCCCC. The van der Waals surface area contributed by atoms with Crippen molar-refractivity contribution in [2.75, 3.05) is 86.7 Å². The molecule has 0 bridgehead atoms. The molecule has 0 aromatic rings. The maximum absolute atomic E-state index is 11.2. The second-order valence-electron chi connectivity index (χ2n) is 23.6. The van der Waals surface area contributed by atoms with Crippen molar-refractivity contribution in [1.82, 2.24) is 19.6 Å². The molecule has 0 saturated heterocycles. The van der Waals surface area contributed by atoms with Crippen molar-refractivity contribution in [3.63, 3.8) is 0 Å². The van der Waals surface area contributed by atoms with Crippen LogP contribution in [0.15, 0.2) is 0 Å². The summed E-state index contributed by atoms with van der Waals surface area (Å²) in [5.41, 5.74) is 0. The van der Waals surface area contributed by atoms with Crippen LogP contribution in [0.2, 0.25) is 0 Å². The van der Waals surface area contributed by atoms with Gasteiger partial charge in [0.05, 0.1) is 18.3 Å². The van der Waals surface area contributed by atoms with Crippen LogP contribution in [0, 0.1) is 5.92 Å². The highest BCUT2D eigenvalue weighted by molar-refractivity contribution is 4.73. The van der Waals surface area contributed by atoms with Gasteiger partial charge < -0.3 is 29.6 Å². The quantitative estimate of drug-likeness (QED) is 0.0589. The smallest absolute Gasteiger partial charge is 0.0698 e. The molecule has 4 unspecified atom stereocenters. The summed E-state index contributed by atoms with van der Waals surface area (Å²) in [6.07, 6.45) is 55.1. The van der Waals surface area contributed by atoms with Crippen LogP contribution in [0.3, 0.4) is 0 Å². The topological polar surface area (TPSA) is 62.7 Å². The van der Waals surface area contributed by atoms with Crippen LogP contribution in [-0.2, 0) is 4.74 Å². The van der Waals surface area contributed by atoms with E-state index in [0.29, 0.717) is 5.92 Å². The molecule has 0 spiro atoms. The van der Waals surface area contributed by atoms with Crippen molar-refractivity contribution in [2.24, 2.45) is 5.92 Å². The molecule has 7 nitrogen and oxygen atoms in total. The third-order valence-corrected chi connectivity index (χ3v) is 15.9. The van der Waals surface area contributed by atoms with Crippen LogP contribution in [0.5, 0.6) is 0 Å². The van der Waals surface area contributed by atoms with E-state index in [1.165, 1.54) is 231 Å². The first-order chi connectivity index (χ1) is 34.7. The second-order valence-corrected chi connectivity index (χ2v) is 23.6. The van der Waals surface area contributed by atoms with Gasteiger partial charge in [0, 0.05) is 46.4 Å². The maximum Gasteiger partial charge on any atom is 0.0698 e. The van der Waals surface area contributed by atoms with Crippen LogP contribution in [0.1, 0.15) is 304 Å². The van der Waals surface area contributed by atoms with E-state index in [1.54, 1.807) is 0 Å². The lowest BCUT2D eigenvalue weighted by Gasteiger charge is -2.30. The first-order valence-electron chi connectivity index (χ1n) is 32.4. The summed E-state index contributed by atoms with van der Waals surface area (Å²) in [6.45, 7) is 21.8. The van der Waals surface area contributed by atoms with E-state index < -0.39 is 0 Å². The molecule has 0 aliphatic heterocycles. The normalized spacial score (nSPS) is 13.9. The molecule has 0 rings (SSSR count). The van der Waals surface area contributed by atoms with Gasteiger partial charge in [-0.15, -0.1) is 0 Å².